The molecule has 0 radical (unpaired) electrons. The molecule has 2 aliphatic heterocycles. The molecule has 3 heterocycles. The van der Waals surface area contributed by atoms with Crippen LogP contribution in [0.15, 0.2) is 36.5 Å². The Kier molecular flexibility index (Phi) is 5.07. The Hall–Kier alpha value is -2.14. The summed E-state index contributed by atoms with van der Waals surface area (Å²) in [5.41, 5.74) is 2.00. The normalized spacial score (nSPS) is 25.7. The molecule has 2 bridgehead atoms. The van der Waals surface area contributed by atoms with Crippen molar-refractivity contribution in [2.24, 2.45) is 5.92 Å². The minimum Gasteiger partial charge on any atom is -0.497 e. The van der Waals surface area contributed by atoms with Gasteiger partial charge in [0.15, 0.2) is 0 Å². The average molecular weight is 352 g/mol. The third kappa shape index (κ3) is 3.98. The van der Waals surface area contributed by atoms with Crippen LogP contribution in [0.2, 0.25) is 0 Å². The van der Waals surface area contributed by atoms with Crippen LogP contribution in [0.1, 0.15) is 39.0 Å². The van der Waals surface area contributed by atoms with Crippen molar-refractivity contribution in [3.63, 3.8) is 0 Å². The predicted octanol–water partition coefficient (Wildman–Crippen LogP) is 3.87. The smallest absolute Gasteiger partial charge is 0.223 e. The third-order valence-corrected chi connectivity index (χ3v) is 5.67. The number of rotatable bonds is 6. The van der Waals surface area contributed by atoms with Crippen LogP contribution in [0.3, 0.4) is 0 Å². The van der Waals surface area contributed by atoms with E-state index in [2.05, 4.69) is 22.5 Å². The van der Waals surface area contributed by atoms with Crippen molar-refractivity contribution in [1.29, 1.82) is 0 Å². The fourth-order valence-electron chi connectivity index (χ4n) is 4.50. The average Bonchev–Trinajstić information content (AvgIpc) is 3.00. The van der Waals surface area contributed by atoms with E-state index in [0.29, 0.717) is 12.0 Å². The van der Waals surface area contributed by atoms with Gasteiger partial charge in [-0.1, -0.05) is 0 Å². The first-order valence-corrected chi connectivity index (χ1v) is 9.69. The summed E-state index contributed by atoms with van der Waals surface area (Å²) < 4.78 is 5.22. The Morgan fingerprint density at radius 1 is 1.15 bits per heavy atom. The van der Waals surface area contributed by atoms with Crippen molar-refractivity contribution >= 4 is 5.95 Å². The van der Waals surface area contributed by atoms with E-state index in [1.54, 1.807) is 7.11 Å². The summed E-state index contributed by atoms with van der Waals surface area (Å²) in [6, 6.07) is 11.8. The van der Waals surface area contributed by atoms with Crippen LogP contribution in [0, 0.1) is 5.92 Å². The van der Waals surface area contributed by atoms with Gasteiger partial charge in [0.25, 0.3) is 0 Å². The van der Waals surface area contributed by atoms with Crippen molar-refractivity contribution in [3.05, 3.63) is 36.5 Å². The quantitative estimate of drug-likeness (QED) is 0.826. The van der Waals surface area contributed by atoms with E-state index in [1.165, 1.54) is 32.1 Å². The molecule has 2 N–H and O–H groups in total. The molecule has 3 atom stereocenters. The molecule has 5 heteroatoms. The number of methoxy groups -OCH3 is 1. The summed E-state index contributed by atoms with van der Waals surface area (Å²) in [6.07, 6.45) is 8.35. The zero-order valence-electron chi connectivity index (χ0n) is 15.6. The number of fused-ring (bicyclic) bond motifs is 2. The zero-order valence-corrected chi connectivity index (χ0v) is 15.6. The van der Waals surface area contributed by atoms with Crippen LogP contribution >= 0.6 is 0 Å². The number of hydrogen-bond acceptors (Lipinski definition) is 5. The Balaban J connectivity index is 1.38. The highest BCUT2D eigenvalue weighted by molar-refractivity contribution is 5.60. The highest BCUT2D eigenvalue weighted by Crippen LogP contribution is 2.33. The van der Waals surface area contributed by atoms with Crippen molar-refractivity contribution in [1.82, 2.24) is 15.3 Å². The number of anilines is 1. The molecule has 138 valence electrons. The standard InChI is InChI=1S/C21H28N4O/c1-14(11-15-12-17-5-6-18(13-15)24-17)23-21-22-10-9-20(25-21)16-3-7-19(26-2)8-4-16/h3-4,7-10,14-15,17-18,24H,5-6,11-13H2,1-2H3,(H,22,23,25). The Morgan fingerprint density at radius 2 is 1.88 bits per heavy atom. The molecule has 5 nitrogen and oxygen atoms in total. The molecule has 3 unspecified atom stereocenters. The van der Waals surface area contributed by atoms with Gasteiger partial charge in [-0.25, -0.2) is 9.97 Å². The number of nitrogens with zero attached hydrogens (tertiary/aromatic N) is 2. The number of benzene rings is 1. The van der Waals surface area contributed by atoms with Gasteiger partial charge in [-0.15, -0.1) is 0 Å². The Morgan fingerprint density at radius 3 is 2.58 bits per heavy atom. The number of piperidine rings is 1. The zero-order chi connectivity index (χ0) is 17.9. The molecule has 2 saturated heterocycles. The highest BCUT2D eigenvalue weighted by atomic mass is 16.5. The van der Waals surface area contributed by atoms with E-state index < -0.39 is 0 Å². The molecule has 2 aromatic rings. The topological polar surface area (TPSA) is 59.1 Å². The Labute approximate surface area is 155 Å². The highest BCUT2D eigenvalue weighted by Gasteiger charge is 2.33. The van der Waals surface area contributed by atoms with E-state index in [4.69, 9.17) is 9.72 Å². The summed E-state index contributed by atoms with van der Waals surface area (Å²) in [7, 11) is 1.68. The fourth-order valence-corrected chi connectivity index (χ4v) is 4.50. The van der Waals surface area contributed by atoms with E-state index in [0.717, 1.165) is 35.0 Å². The van der Waals surface area contributed by atoms with Crippen molar-refractivity contribution in [3.8, 4) is 17.0 Å². The molecule has 2 aliphatic rings. The van der Waals surface area contributed by atoms with Gasteiger partial charge in [0, 0.05) is 29.9 Å². The maximum Gasteiger partial charge on any atom is 0.223 e. The van der Waals surface area contributed by atoms with Gasteiger partial charge in [0.2, 0.25) is 5.95 Å². The van der Waals surface area contributed by atoms with Crippen molar-refractivity contribution < 1.29 is 4.74 Å². The molecule has 1 aromatic heterocycles. The molecular formula is C21H28N4O. The van der Waals surface area contributed by atoms with Crippen LogP contribution in [0.25, 0.3) is 11.3 Å². The van der Waals surface area contributed by atoms with Crippen molar-refractivity contribution in [2.75, 3.05) is 12.4 Å². The van der Waals surface area contributed by atoms with Crippen LogP contribution in [0.5, 0.6) is 5.75 Å². The lowest BCUT2D eigenvalue weighted by Gasteiger charge is -2.31. The van der Waals surface area contributed by atoms with Gasteiger partial charge in [-0.2, -0.15) is 0 Å². The SMILES string of the molecule is COc1ccc(-c2ccnc(NC(C)CC3CC4CCC(C3)N4)n2)cc1. The minimum absolute atomic E-state index is 0.378. The first kappa shape index (κ1) is 17.3. The predicted molar refractivity (Wildman–Crippen MR) is 104 cm³/mol. The third-order valence-electron chi connectivity index (χ3n) is 5.67. The van der Waals surface area contributed by atoms with Gasteiger partial charge in [-0.05, 0) is 75.3 Å². The molecular weight excluding hydrogens is 324 g/mol. The molecule has 0 saturated carbocycles. The van der Waals surface area contributed by atoms with Gasteiger partial charge >= 0.3 is 0 Å². The molecule has 0 aliphatic carbocycles. The second-order valence-electron chi connectivity index (χ2n) is 7.75. The second-order valence-corrected chi connectivity index (χ2v) is 7.75. The largest absolute Gasteiger partial charge is 0.497 e. The summed E-state index contributed by atoms with van der Waals surface area (Å²) in [5, 5.41) is 7.23. The lowest BCUT2D eigenvalue weighted by molar-refractivity contribution is 0.278. The van der Waals surface area contributed by atoms with E-state index >= 15 is 0 Å². The number of nitrogens with one attached hydrogen (secondary N) is 2. The molecule has 2 fully saturated rings. The summed E-state index contributed by atoms with van der Waals surface area (Å²) in [6.45, 7) is 2.24. The number of hydrogen-bond donors (Lipinski definition) is 2. The number of ether oxygens (including phenoxy) is 1. The van der Waals surface area contributed by atoms with Gasteiger partial charge in [-0.3, -0.25) is 0 Å². The van der Waals surface area contributed by atoms with E-state index in [1.807, 2.05) is 36.5 Å². The molecule has 1 aromatic carbocycles. The van der Waals surface area contributed by atoms with Gasteiger partial charge in [0.05, 0.1) is 12.8 Å². The molecule has 4 rings (SSSR count). The monoisotopic (exact) mass is 352 g/mol. The van der Waals surface area contributed by atoms with Gasteiger partial charge in [0.1, 0.15) is 5.75 Å². The lowest BCUT2D eigenvalue weighted by Crippen LogP contribution is -2.39. The first-order valence-electron chi connectivity index (χ1n) is 9.69. The summed E-state index contributed by atoms with van der Waals surface area (Å²) in [4.78, 5) is 9.11. The summed E-state index contributed by atoms with van der Waals surface area (Å²) in [5.74, 6) is 2.37. The lowest BCUT2D eigenvalue weighted by atomic mass is 9.87. The van der Waals surface area contributed by atoms with Crippen molar-refractivity contribution in [2.45, 2.75) is 57.2 Å². The first-order chi connectivity index (χ1) is 12.7. The van der Waals surface area contributed by atoms with E-state index in [9.17, 15) is 0 Å². The maximum atomic E-state index is 5.22. The van der Waals surface area contributed by atoms with Crippen LogP contribution in [-0.2, 0) is 0 Å². The van der Waals surface area contributed by atoms with Crippen LogP contribution < -0.4 is 15.4 Å². The molecule has 0 amide bonds. The molecule has 26 heavy (non-hydrogen) atoms. The Bertz CT molecular complexity index is 721. The van der Waals surface area contributed by atoms with Gasteiger partial charge < -0.3 is 15.4 Å². The van der Waals surface area contributed by atoms with Crippen LogP contribution in [0.4, 0.5) is 5.95 Å². The minimum atomic E-state index is 0.378. The van der Waals surface area contributed by atoms with Crippen LogP contribution in [-0.4, -0.2) is 35.2 Å². The fraction of sp³-hybridized carbons (Fsp3) is 0.524. The molecule has 0 spiro atoms. The summed E-state index contributed by atoms with van der Waals surface area (Å²) >= 11 is 0. The van der Waals surface area contributed by atoms with E-state index in [-0.39, 0.29) is 0 Å². The second kappa shape index (κ2) is 7.62. The number of aromatic nitrogens is 2. The maximum absolute atomic E-state index is 5.22.